The second-order valence-electron chi connectivity index (χ2n) is 3.15. The largest absolute Gasteiger partial charge is 0.477 e. The lowest BCUT2D eigenvalue weighted by molar-refractivity contribution is -0.130. The first kappa shape index (κ1) is 13.9. The molecule has 0 aliphatic rings. The summed E-state index contributed by atoms with van der Waals surface area (Å²) in [6.45, 7) is 0.00594. The van der Waals surface area contributed by atoms with Crippen LogP contribution < -0.4 is 16.0 Å². The third-order valence-corrected chi connectivity index (χ3v) is 2.57. The van der Waals surface area contributed by atoms with Crippen LogP contribution in [0.25, 0.3) is 0 Å². The summed E-state index contributed by atoms with van der Waals surface area (Å²) in [7, 11) is 1.42. The average Bonchev–Trinajstić information content (AvgIpc) is 2.32. The van der Waals surface area contributed by atoms with Crippen LogP contribution in [0.3, 0.4) is 0 Å². The molecule has 7 heteroatoms. The van der Waals surface area contributed by atoms with Crippen LogP contribution in [-0.4, -0.2) is 25.7 Å². The van der Waals surface area contributed by atoms with E-state index >= 15 is 0 Å². The molecule has 0 saturated carbocycles. The molecule has 1 amide bonds. The smallest absolute Gasteiger partial charge is 0.277 e. The number of ether oxygens (including phenoxy) is 2. The van der Waals surface area contributed by atoms with Crippen molar-refractivity contribution >= 4 is 21.8 Å². The number of benzene rings is 1. The Hall–Kier alpha value is -1.18. The summed E-state index contributed by atoms with van der Waals surface area (Å²) in [5, 5.41) is 0. The van der Waals surface area contributed by atoms with E-state index in [1.807, 2.05) is 5.43 Å². The molecule has 0 aliphatic heterocycles. The van der Waals surface area contributed by atoms with E-state index in [0.717, 1.165) is 6.07 Å². The summed E-state index contributed by atoms with van der Waals surface area (Å²) in [6, 6.07) is 3.91. The number of halogens is 2. The first-order valence-corrected chi connectivity index (χ1v) is 5.49. The van der Waals surface area contributed by atoms with Crippen molar-refractivity contribution in [1.82, 2.24) is 5.43 Å². The van der Waals surface area contributed by atoms with Crippen molar-refractivity contribution in [2.45, 2.75) is 6.10 Å². The minimum Gasteiger partial charge on any atom is -0.477 e. The SMILES string of the molecule is COCC(Oc1cc(F)ccc1Br)C(=O)NN. The van der Waals surface area contributed by atoms with E-state index < -0.39 is 17.8 Å². The van der Waals surface area contributed by atoms with Gasteiger partial charge in [0.05, 0.1) is 11.1 Å². The Bertz CT molecular complexity index is 403. The number of amides is 1. The van der Waals surface area contributed by atoms with Gasteiger partial charge in [-0.15, -0.1) is 0 Å². The number of rotatable bonds is 5. The molecule has 94 valence electrons. The Morgan fingerprint density at radius 2 is 2.35 bits per heavy atom. The molecule has 0 spiro atoms. The van der Waals surface area contributed by atoms with Crippen LogP contribution in [0.15, 0.2) is 22.7 Å². The lowest BCUT2D eigenvalue weighted by Gasteiger charge is -2.17. The van der Waals surface area contributed by atoms with Gasteiger partial charge in [-0.1, -0.05) is 0 Å². The van der Waals surface area contributed by atoms with Crippen LogP contribution in [0.4, 0.5) is 4.39 Å². The van der Waals surface area contributed by atoms with Gasteiger partial charge in [-0.3, -0.25) is 10.2 Å². The lowest BCUT2D eigenvalue weighted by atomic mass is 10.3. The highest BCUT2D eigenvalue weighted by molar-refractivity contribution is 9.10. The Balaban J connectivity index is 2.85. The number of carbonyl (C=O) groups excluding carboxylic acids is 1. The summed E-state index contributed by atoms with van der Waals surface area (Å²) in [5.74, 6) is 4.19. The number of methoxy groups -OCH3 is 1. The van der Waals surface area contributed by atoms with Crippen molar-refractivity contribution in [2.24, 2.45) is 5.84 Å². The Morgan fingerprint density at radius 1 is 1.65 bits per heavy atom. The molecular weight excluding hydrogens is 295 g/mol. The van der Waals surface area contributed by atoms with Gasteiger partial charge < -0.3 is 9.47 Å². The van der Waals surface area contributed by atoms with Crippen molar-refractivity contribution in [1.29, 1.82) is 0 Å². The van der Waals surface area contributed by atoms with Crippen LogP contribution in [0.2, 0.25) is 0 Å². The van der Waals surface area contributed by atoms with Crippen LogP contribution >= 0.6 is 15.9 Å². The zero-order valence-electron chi connectivity index (χ0n) is 9.07. The normalized spacial score (nSPS) is 12.0. The van der Waals surface area contributed by atoms with Gasteiger partial charge in [-0.25, -0.2) is 10.2 Å². The minimum absolute atomic E-state index is 0.00594. The molecule has 0 fully saturated rings. The summed E-state index contributed by atoms with van der Waals surface area (Å²) in [5.41, 5.74) is 1.95. The van der Waals surface area contributed by atoms with Crippen molar-refractivity contribution in [3.8, 4) is 5.75 Å². The third-order valence-electron chi connectivity index (χ3n) is 1.92. The van der Waals surface area contributed by atoms with Gasteiger partial charge in [0.1, 0.15) is 11.6 Å². The molecule has 1 aromatic carbocycles. The maximum Gasteiger partial charge on any atom is 0.277 e. The van der Waals surface area contributed by atoms with Crippen molar-refractivity contribution < 1.29 is 18.7 Å². The fourth-order valence-electron chi connectivity index (χ4n) is 1.13. The summed E-state index contributed by atoms with van der Waals surface area (Å²) >= 11 is 3.19. The molecule has 1 rings (SSSR count). The zero-order chi connectivity index (χ0) is 12.8. The van der Waals surface area contributed by atoms with E-state index in [0.29, 0.717) is 4.47 Å². The minimum atomic E-state index is -0.942. The van der Waals surface area contributed by atoms with Gasteiger partial charge in [0.15, 0.2) is 0 Å². The molecule has 1 aromatic rings. The molecule has 0 aliphatic carbocycles. The maximum atomic E-state index is 13.0. The highest BCUT2D eigenvalue weighted by atomic mass is 79.9. The van der Waals surface area contributed by atoms with Gasteiger partial charge in [-0.2, -0.15) is 0 Å². The highest BCUT2D eigenvalue weighted by Gasteiger charge is 2.20. The number of nitrogens with one attached hydrogen (secondary N) is 1. The standard InChI is InChI=1S/C10H12BrFN2O3/c1-16-5-9(10(15)14-13)17-8-4-6(12)2-3-7(8)11/h2-4,9H,5,13H2,1H3,(H,14,15). The summed E-state index contributed by atoms with van der Waals surface area (Å²) in [4.78, 5) is 11.4. The predicted octanol–water partition coefficient (Wildman–Crippen LogP) is 0.972. The number of carbonyl (C=O) groups is 1. The predicted molar refractivity (Wildman–Crippen MR) is 62.7 cm³/mol. The molecule has 0 bridgehead atoms. The molecule has 17 heavy (non-hydrogen) atoms. The van der Waals surface area contributed by atoms with Gasteiger partial charge in [0.25, 0.3) is 5.91 Å². The molecule has 1 atom stereocenters. The van der Waals surface area contributed by atoms with Gasteiger partial charge >= 0.3 is 0 Å². The first-order valence-electron chi connectivity index (χ1n) is 4.69. The zero-order valence-corrected chi connectivity index (χ0v) is 10.7. The molecular formula is C10H12BrFN2O3. The average molecular weight is 307 g/mol. The summed E-state index contributed by atoms with van der Waals surface area (Å²) in [6.07, 6.45) is -0.942. The Morgan fingerprint density at radius 3 is 2.94 bits per heavy atom. The second-order valence-corrected chi connectivity index (χ2v) is 4.00. The second kappa shape index (κ2) is 6.53. The van der Waals surface area contributed by atoms with Crippen LogP contribution in [-0.2, 0) is 9.53 Å². The number of hydrogen-bond donors (Lipinski definition) is 2. The highest BCUT2D eigenvalue weighted by Crippen LogP contribution is 2.26. The van der Waals surface area contributed by atoms with E-state index in [2.05, 4.69) is 15.9 Å². The Kier molecular flexibility index (Phi) is 5.33. The molecule has 0 saturated heterocycles. The number of hydrazine groups is 1. The van der Waals surface area contributed by atoms with Crippen molar-refractivity contribution in [3.05, 3.63) is 28.5 Å². The summed E-state index contributed by atoms with van der Waals surface area (Å²) < 4.78 is 23.7. The first-order chi connectivity index (χ1) is 8.08. The van der Waals surface area contributed by atoms with Crippen molar-refractivity contribution in [2.75, 3.05) is 13.7 Å². The van der Waals surface area contributed by atoms with Crippen molar-refractivity contribution in [3.63, 3.8) is 0 Å². The van der Waals surface area contributed by atoms with E-state index in [1.54, 1.807) is 0 Å². The molecule has 0 radical (unpaired) electrons. The fourth-order valence-corrected chi connectivity index (χ4v) is 1.47. The van der Waals surface area contributed by atoms with E-state index in [4.69, 9.17) is 15.3 Å². The van der Waals surface area contributed by atoms with Crippen LogP contribution in [0.1, 0.15) is 0 Å². The van der Waals surface area contributed by atoms with Crippen LogP contribution in [0.5, 0.6) is 5.75 Å². The van der Waals surface area contributed by atoms with Gasteiger partial charge in [0.2, 0.25) is 6.10 Å². The topological polar surface area (TPSA) is 73.6 Å². The maximum absolute atomic E-state index is 13.0. The third kappa shape index (κ3) is 3.95. The monoisotopic (exact) mass is 306 g/mol. The van der Waals surface area contributed by atoms with Gasteiger partial charge in [0, 0.05) is 13.2 Å². The number of hydrogen-bond acceptors (Lipinski definition) is 4. The molecule has 0 aromatic heterocycles. The van der Waals surface area contributed by atoms with E-state index in [9.17, 15) is 9.18 Å². The van der Waals surface area contributed by atoms with E-state index in [-0.39, 0.29) is 12.4 Å². The molecule has 5 nitrogen and oxygen atoms in total. The molecule has 0 heterocycles. The molecule has 1 unspecified atom stereocenters. The van der Waals surface area contributed by atoms with E-state index in [1.165, 1.54) is 19.2 Å². The Labute approximate surface area is 106 Å². The quantitative estimate of drug-likeness (QED) is 0.483. The fraction of sp³-hybridized carbons (Fsp3) is 0.300. The number of nitrogens with two attached hydrogens (primary N) is 1. The van der Waals surface area contributed by atoms with Gasteiger partial charge in [-0.05, 0) is 28.1 Å². The molecule has 3 N–H and O–H groups in total. The lowest BCUT2D eigenvalue weighted by Crippen LogP contribution is -2.44. The van der Waals surface area contributed by atoms with Crippen LogP contribution in [0, 0.1) is 5.82 Å².